The number of nitrogens with one attached hydrogen (secondary N) is 3. The summed E-state index contributed by atoms with van der Waals surface area (Å²) in [6.45, 7) is 0. The lowest BCUT2D eigenvalue weighted by Gasteiger charge is -2.15. The lowest BCUT2D eigenvalue weighted by atomic mass is 9.97. The van der Waals surface area contributed by atoms with Crippen molar-refractivity contribution in [3.8, 4) is 11.5 Å². The largest absolute Gasteiger partial charge is 0.453 e. The van der Waals surface area contributed by atoms with Crippen molar-refractivity contribution < 1.29 is 18.7 Å². The number of nitrogens with two attached hydrogens (primary N) is 1. The van der Waals surface area contributed by atoms with Gasteiger partial charge in [0.1, 0.15) is 17.3 Å². The highest BCUT2D eigenvalue weighted by atomic mass is 19.1. The van der Waals surface area contributed by atoms with E-state index < -0.39 is 23.5 Å². The normalized spacial score (nSPS) is 12.0. The Kier molecular flexibility index (Phi) is 4.98. The minimum absolute atomic E-state index is 0.0611. The summed E-state index contributed by atoms with van der Waals surface area (Å²) in [7, 11) is 0. The Morgan fingerprint density at radius 1 is 1.00 bits per heavy atom. The van der Waals surface area contributed by atoms with Gasteiger partial charge in [0.05, 0.1) is 5.39 Å². The number of primary amides is 1. The molecule has 164 valence electrons. The molecular weight excluding hydrogens is 425 g/mol. The summed E-state index contributed by atoms with van der Waals surface area (Å²) >= 11 is 0. The summed E-state index contributed by atoms with van der Waals surface area (Å²) in [4.78, 5) is 35.1. The average Bonchev–Trinajstić information content (AvgIpc) is 3.45. The number of carbonyl (C=O) groups is 2. The molecule has 0 saturated carbocycles. The molecule has 0 saturated heterocycles. The Bertz CT molecular complexity index is 1510. The van der Waals surface area contributed by atoms with Gasteiger partial charge in [0.2, 0.25) is 11.8 Å². The number of aromatic amines is 2. The van der Waals surface area contributed by atoms with E-state index in [1.54, 1.807) is 48.9 Å². The van der Waals surface area contributed by atoms with Gasteiger partial charge in [-0.3, -0.25) is 9.59 Å². The van der Waals surface area contributed by atoms with Crippen LogP contribution in [0.5, 0.6) is 11.5 Å². The molecule has 1 atom stereocenters. The molecule has 2 amide bonds. The third-order valence-corrected chi connectivity index (χ3v) is 5.30. The summed E-state index contributed by atoms with van der Waals surface area (Å²) in [6.07, 6.45) is 5.02. The number of amides is 2. The number of aromatic nitrogens is 3. The molecule has 3 aromatic heterocycles. The van der Waals surface area contributed by atoms with E-state index in [-0.39, 0.29) is 11.3 Å². The smallest absolute Gasteiger partial charge is 0.241 e. The number of pyridine rings is 1. The molecule has 5 N–H and O–H groups in total. The van der Waals surface area contributed by atoms with Crippen LogP contribution in [0.2, 0.25) is 0 Å². The average molecular weight is 443 g/mol. The summed E-state index contributed by atoms with van der Waals surface area (Å²) in [5.74, 6) is -3.32. The number of H-pyrrole nitrogens is 2. The first kappa shape index (κ1) is 20.3. The van der Waals surface area contributed by atoms with E-state index in [0.29, 0.717) is 22.5 Å². The van der Waals surface area contributed by atoms with Crippen molar-refractivity contribution in [2.24, 2.45) is 5.73 Å². The van der Waals surface area contributed by atoms with Crippen molar-refractivity contribution in [3.05, 3.63) is 84.6 Å². The van der Waals surface area contributed by atoms with Crippen LogP contribution in [0, 0.1) is 5.82 Å². The zero-order chi connectivity index (χ0) is 22.9. The molecule has 0 bridgehead atoms. The highest BCUT2D eigenvalue weighted by Crippen LogP contribution is 2.32. The fourth-order valence-corrected chi connectivity index (χ4v) is 3.71. The number of rotatable bonds is 6. The predicted molar refractivity (Wildman–Crippen MR) is 121 cm³/mol. The Morgan fingerprint density at radius 3 is 2.67 bits per heavy atom. The van der Waals surface area contributed by atoms with Gasteiger partial charge in [-0.15, -0.1) is 0 Å². The van der Waals surface area contributed by atoms with Crippen LogP contribution in [0.15, 0.2) is 73.2 Å². The second-order valence-corrected chi connectivity index (χ2v) is 7.45. The number of carbonyl (C=O) groups excluding carboxylic acids is 2. The van der Waals surface area contributed by atoms with E-state index >= 15 is 0 Å². The second kappa shape index (κ2) is 8.12. The second-order valence-electron chi connectivity index (χ2n) is 7.45. The van der Waals surface area contributed by atoms with Gasteiger partial charge in [-0.1, -0.05) is 6.07 Å². The molecule has 3 heterocycles. The Morgan fingerprint density at radius 2 is 1.85 bits per heavy atom. The minimum Gasteiger partial charge on any atom is -0.453 e. The van der Waals surface area contributed by atoms with Crippen LogP contribution >= 0.6 is 0 Å². The van der Waals surface area contributed by atoms with Crippen LogP contribution in [0.4, 0.5) is 10.1 Å². The van der Waals surface area contributed by atoms with Gasteiger partial charge in [0, 0.05) is 35.2 Å². The fourth-order valence-electron chi connectivity index (χ4n) is 3.71. The molecule has 0 aliphatic heterocycles. The molecule has 0 fully saturated rings. The summed E-state index contributed by atoms with van der Waals surface area (Å²) < 4.78 is 20.6. The zero-order valence-corrected chi connectivity index (χ0v) is 17.1. The Balaban J connectivity index is 1.39. The number of anilines is 1. The van der Waals surface area contributed by atoms with Crippen molar-refractivity contribution in [1.82, 2.24) is 15.0 Å². The third-order valence-electron chi connectivity index (χ3n) is 5.30. The number of hydrogen-bond acceptors (Lipinski definition) is 4. The van der Waals surface area contributed by atoms with E-state index in [0.717, 1.165) is 17.0 Å². The van der Waals surface area contributed by atoms with Crippen LogP contribution in [-0.2, 0) is 9.59 Å². The van der Waals surface area contributed by atoms with Gasteiger partial charge in [-0.2, -0.15) is 0 Å². The molecule has 0 radical (unpaired) electrons. The van der Waals surface area contributed by atoms with Crippen molar-refractivity contribution in [3.63, 3.8) is 0 Å². The fraction of sp³-hybridized carbons (Fsp3) is 0.0417. The van der Waals surface area contributed by atoms with Gasteiger partial charge >= 0.3 is 0 Å². The van der Waals surface area contributed by atoms with E-state index in [2.05, 4.69) is 20.3 Å². The van der Waals surface area contributed by atoms with Crippen molar-refractivity contribution in [1.29, 1.82) is 0 Å². The molecule has 1 unspecified atom stereocenters. The number of fused-ring (bicyclic) bond motifs is 2. The van der Waals surface area contributed by atoms with Crippen molar-refractivity contribution in [2.75, 3.05) is 5.32 Å². The molecule has 9 heteroatoms. The number of benzene rings is 2. The lowest BCUT2D eigenvalue weighted by Crippen LogP contribution is -2.32. The highest BCUT2D eigenvalue weighted by Gasteiger charge is 2.28. The first-order valence-electron chi connectivity index (χ1n) is 10.1. The summed E-state index contributed by atoms with van der Waals surface area (Å²) in [6, 6.07) is 14.4. The van der Waals surface area contributed by atoms with Crippen LogP contribution in [0.3, 0.4) is 0 Å². The minimum atomic E-state index is -1.38. The van der Waals surface area contributed by atoms with E-state index in [9.17, 15) is 14.0 Å². The van der Waals surface area contributed by atoms with Crippen LogP contribution in [0.25, 0.3) is 21.9 Å². The first-order chi connectivity index (χ1) is 16.0. The molecule has 8 nitrogen and oxygen atoms in total. The number of ether oxygens (including phenoxy) is 1. The van der Waals surface area contributed by atoms with Crippen molar-refractivity contribution in [2.45, 2.75) is 5.92 Å². The Labute approximate surface area is 186 Å². The van der Waals surface area contributed by atoms with E-state index in [1.807, 2.05) is 6.07 Å². The van der Waals surface area contributed by atoms with E-state index in [1.165, 1.54) is 12.1 Å². The molecule has 2 aromatic carbocycles. The predicted octanol–water partition coefficient (Wildman–Crippen LogP) is 4.18. The maximum Gasteiger partial charge on any atom is 0.241 e. The molecular formula is C24H18FN5O3. The van der Waals surface area contributed by atoms with Gasteiger partial charge in [-0.25, -0.2) is 9.37 Å². The van der Waals surface area contributed by atoms with Crippen LogP contribution in [-0.4, -0.2) is 26.8 Å². The molecule has 0 aliphatic carbocycles. The van der Waals surface area contributed by atoms with Crippen LogP contribution in [0.1, 0.15) is 11.5 Å². The molecule has 5 aromatic rings. The van der Waals surface area contributed by atoms with Gasteiger partial charge in [0.15, 0.2) is 11.6 Å². The number of halogens is 1. The topological polar surface area (TPSA) is 126 Å². The maximum atomic E-state index is 14.9. The zero-order valence-electron chi connectivity index (χ0n) is 17.1. The number of hydrogen-bond donors (Lipinski definition) is 4. The summed E-state index contributed by atoms with van der Waals surface area (Å²) in [5, 5.41) is 4.26. The molecule has 0 aliphatic rings. The molecule has 5 rings (SSSR count). The quantitative estimate of drug-likeness (QED) is 0.294. The first-order valence-corrected chi connectivity index (χ1v) is 10.1. The Hall–Kier alpha value is -4.66. The monoisotopic (exact) mass is 443 g/mol. The standard InChI is InChI=1S/C24H18FN5O3/c25-17-12-14(1-4-20(17)33-19-7-10-29-23-16(19)6-9-28-23)21(22(26)31)24(32)30-15-2-3-18-13(11-15)5-8-27-18/h1-12,21,27H,(H2,26,31)(H,28,29)(H,30,32). The number of nitrogens with zero attached hydrogens (tertiary/aromatic N) is 1. The van der Waals surface area contributed by atoms with Crippen LogP contribution < -0.4 is 15.8 Å². The van der Waals surface area contributed by atoms with Crippen molar-refractivity contribution >= 4 is 39.4 Å². The molecule has 33 heavy (non-hydrogen) atoms. The highest BCUT2D eigenvalue weighted by molar-refractivity contribution is 6.11. The summed E-state index contributed by atoms with van der Waals surface area (Å²) in [5.41, 5.74) is 7.61. The van der Waals surface area contributed by atoms with Gasteiger partial charge < -0.3 is 25.8 Å². The third kappa shape index (κ3) is 3.87. The van der Waals surface area contributed by atoms with E-state index in [4.69, 9.17) is 10.5 Å². The SMILES string of the molecule is NC(=O)C(C(=O)Nc1ccc2[nH]ccc2c1)c1ccc(Oc2ccnc3[nH]ccc23)c(F)c1. The lowest BCUT2D eigenvalue weighted by molar-refractivity contribution is -0.127. The maximum absolute atomic E-state index is 14.9. The van der Waals surface area contributed by atoms with Gasteiger partial charge in [0.25, 0.3) is 0 Å². The molecule has 0 spiro atoms. The van der Waals surface area contributed by atoms with Gasteiger partial charge in [-0.05, 0) is 54.1 Å².